The summed E-state index contributed by atoms with van der Waals surface area (Å²) in [4.78, 5) is 22.4. The maximum Gasteiger partial charge on any atom is 0.226 e. The van der Waals surface area contributed by atoms with Crippen LogP contribution in [0.15, 0.2) is 67.0 Å². The standard InChI is InChI=1S/C27H30N4O/c32-26(30-15-10-21-6-1-2-7-22(21)19-30)24-18-27(24)11-16-29(17-12-27)20-23-8-5-14-31(23)25-9-3-4-13-28-25/h1-9,13-14,24H,10-12,15-20H2. The van der Waals surface area contributed by atoms with Gasteiger partial charge in [-0.25, -0.2) is 4.98 Å². The van der Waals surface area contributed by atoms with Crippen molar-refractivity contribution < 1.29 is 4.79 Å². The Morgan fingerprint density at radius 3 is 2.59 bits per heavy atom. The van der Waals surface area contributed by atoms with Gasteiger partial charge in [0.25, 0.3) is 0 Å². The Morgan fingerprint density at radius 1 is 0.969 bits per heavy atom. The van der Waals surface area contributed by atoms with Crippen molar-refractivity contribution in [2.75, 3.05) is 19.6 Å². The Balaban J connectivity index is 1.06. The van der Waals surface area contributed by atoms with E-state index in [1.807, 2.05) is 24.4 Å². The highest BCUT2D eigenvalue weighted by Gasteiger charge is 2.59. The van der Waals surface area contributed by atoms with E-state index in [1.54, 1.807) is 0 Å². The van der Waals surface area contributed by atoms with Gasteiger partial charge >= 0.3 is 0 Å². The molecule has 0 N–H and O–H groups in total. The molecular weight excluding hydrogens is 396 g/mol. The van der Waals surface area contributed by atoms with Gasteiger partial charge in [0.15, 0.2) is 0 Å². The number of pyridine rings is 1. The van der Waals surface area contributed by atoms with Crippen LogP contribution in [0.5, 0.6) is 0 Å². The summed E-state index contributed by atoms with van der Waals surface area (Å²) in [7, 11) is 0. The fraction of sp³-hybridized carbons (Fsp3) is 0.407. The second-order valence-electron chi connectivity index (χ2n) is 9.73. The van der Waals surface area contributed by atoms with E-state index in [-0.39, 0.29) is 11.3 Å². The molecule has 1 spiro atoms. The molecule has 1 unspecified atom stereocenters. The van der Waals surface area contributed by atoms with E-state index in [9.17, 15) is 4.79 Å². The summed E-state index contributed by atoms with van der Waals surface area (Å²) in [6.07, 6.45) is 8.29. The molecule has 6 rings (SSSR count). The highest BCUT2D eigenvalue weighted by atomic mass is 16.2. The topological polar surface area (TPSA) is 41.4 Å². The average Bonchev–Trinajstić information content (AvgIpc) is 3.34. The third-order valence-corrected chi connectivity index (χ3v) is 7.90. The molecule has 5 heteroatoms. The Labute approximate surface area is 189 Å². The number of carbonyl (C=O) groups is 1. The number of hydrogen-bond acceptors (Lipinski definition) is 3. The van der Waals surface area contributed by atoms with Crippen molar-refractivity contribution in [3.63, 3.8) is 0 Å². The predicted molar refractivity (Wildman–Crippen MR) is 124 cm³/mol. The van der Waals surface area contributed by atoms with E-state index in [4.69, 9.17) is 0 Å². The lowest BCUT2D eigenvalue weighted by atomic mass is 9.90. The summed E-state index contributed by atoms with van der Waals surface area (Å²) in [5.41, 5.74) is 4.27. The summed E-state index contributed by atoms with van der Waals surface area (Å²) in [5.74, 6) is 1.61. The van der Waals surface area contributed by atoms with Crippen molar-refractivity contribution >= 4 is 5.91 Å². The Hall–Kier alpha value is -2.92. The molecular formula is C27H30N4O. The molecule has 5 nitrogen and oxygen atoms in total. The molecule has 1 aromatic carbocycles. The van der Waals surface area contributed by atoms with E-state index in [2.05, 4.69) is 61.9 Å². The van der Waals surface area contributed by atoms with Crippen molar-refractivity contribution in [1.82, 2.24) is 19.4 Å². The Bertz CT molecular complexity index is 1110. The van der Waals surface area contributed by atoms with Gasteiger partial charge in [0.05, 0.1) is 0 Å². The van der Waals surface area contributed by atoms with Gasteiger partial charge in [-0.3, -0.25) is 9.69 Å². The van der Waals surface area contributed by atoms with Gasteiger partial charge in [0.2, 0.25) is 5.91 Å². The predicted octanol–water partition coefficient (Wildman–Crippen LogP) is 4.06. The number of hydrogen-bond donors (Lipinski definition) is 0. The van der Waals surface area contributed by atoms with Crippen LogP contribution in [0.3, 0.4) is 0 Å². The largest absolute Gasteiger partial charge is 0.338 e. The van der Waals surface area contributed by atoms with Crippen LogP contribution in [0.1, 0.15) is 36.1 Å². The lowest BCUT2D eigenvalue weighted by molar-refractivity contribution is -0.134. The zero-order valence-corrected chi connectivity index (χ0v) is 18.5. The fourth-order valence-electron chi connectivity index (χ4n) is 5.80. The summed E-state index contributed by atoms with van der Waals surface area (Å²) < 4.78 is 2.18. The number of fused-ring (bicyclic) bond motifs is 1. The molecule has 2 aromatic heterocycles. The number of benzene rings is 1. The third-order valence-electron chi connectivity index (χ3n) is 7.90. The number of likely N-dealkylation sites (tertiary alicyclic amines) is 1. The van der Waals surface area contributed by atoms with E-state index < -0.39 is 0 Å². The van der Waals surface area contributed by atoms with Crippen molar-refractivity contribution in [2.24, 2.45) is 11.3 Å². The van der Waals surface area contributed by atoms with Gasteiger partial charge < -0.3 is 9.47 Å². The monoisotopic (exact) mass is 426 g/mol. The van der Waals surface area contributed by atoms with Crippen LogP contribution in [-0.2, 0) is 24.3 Å². The van der Waals surface area contributed by atoms with Gasteiger partial charge in [-0.2, -0.15) is 0 Å². The van der Waals surface area contributed by atoms with Gasteiger partial charge in [-0.1, -0.05) is 30.3 Å². The normalized spacial score (nSPS) is 22.0. The molecule has 1 aliphatic carbocycles. The minimum Gasteiger partial charge on any atom is -0.338 e. The molecule has 1 saturated heterocycles. The van der Waals surface area contributed by atoms with Crippen molar-refractivity contribution in [2.45, 2.75) is 38.8 Å². The SMILES string of the molecule is O=C(C1CC12CCN(Cc1cccn1-c1ccccn1)CC2)N1CCc2ccccc2C1. The van der Waals surface area contributed by atoms with Crippen molar-refractivity contribution in [3.8, 4) is 5.82 Å². The molecule has 0 bridgehead atoms. The third kappa shape index (κ3) is 3.55. The van der Waals surface area contributed by atoms with Gasteiger partial charge in [-0.05, 0) is 79.6 Å². The summed E-state index contributed by atoms with van der Waals surface area (Å²) in [6, 6.07) is 18.9. The second kappa shape index (κ2) is 7.89. The van der Waals surface area contributed by atoms with E-state index in [0.717, 1.165) is 64.2 Å². The zero-order valence-electron chi connectivity index (χ0n) is 18.5. The molecule has 3 aromatic rings. The van der Waals surface area contributed by atoms with E-state index in [0.29, 0.717) is 5.91 Å². The van der Waals surface area contributed by atoms with E-state index in [1.165, 1.54) is 16.8 Å². The lowest BCUT2D eigenvalue weighted by Crippen LogP contribution is -2.40. The first kappa shape index (κ1) is 19.7. The molecule has 3 aliphatic rings. The molecule has 1 amide bonds. The summed E-state index contributed by atoms with van der Waals surface area (Å²) in [5, 5.41) is 0. The minimum atomic E-state index is 0.243. The van der Waals surface area contributed by atoms with Crippen LogP contribution in [0.4, 0.5) is 0 Å². The van der Waals surface area contributed by atoms with Gasteiger partial charge in [0.1, 0.15) is 5.82 Å². The van der Waals surface area contributed by atoms with Crippen molar-refractivity contribution in [1.29, 1.82) is 0 Å². The number of amides is 1. The Morgan fingerprint density at radius 2 is 1.78 bits per heavy atom. The molecule has 0 radical (unpaired) electrons. The zero-order chi connectivity index (χ0) is 21.5. The summed E-state index contributed by atoms with van der Waals surface area (Å²) in [6.45, 7) is 4.73. The van der Waals surface area contributed by atoms with Gasteiger partial charge in [-0.15, -0.1) is 0 Å². The number of piperidine rings is 1. The second-order valence-corrected chi connectivity index (χ2v) is 9.73. The van der Waals surface area contributed by atoms with Crippen LogP contribution in [0.2, 0.25) is 0 Å². The average molecular weight is 427 g/mol. The molecule has 32 heavy (non-hydrogen) atoms. The highest BCUT2D eigenvalue weighted by molar-refractivity contribution is 5.83. The number of nitrogens with zero attached hydrogens (tertiary/aromatic N) is 4. The van der Waals surface area contributed by atoms with Crippen LogP contribution in [-0.4, -0.2) is 44.9 Å². The Kier molecular flexibility index (Phi) is 4.87. The molecule has 2 fully saturated rings. The fourth-order valence-corrected chi connectivity index (χ4v) is 5.80. The maximum absolute atomic E-state index is 13.3. The smallest absolute Gasteiger partial charge is 0.226 e. The molecule has 2 aliphatic heterocycles. The highest BCUT2D eigenvalue weighted by Crippen LogP contribution is 2.60. The first-order chi connectivity index (χ1) is 15.7. The first-order valence-electron chi connectivity index (χ1n) is 11.9. The lowest BCUT2D eigenvalue weighted by Gasteiger charge is -2.34. The summed E-state index contributed by atoms with van der Waals surface area (Å²) >= 11 is 0. The molecule has 4 heterocycles. The minimum absolute atomic E-state index is 0.243. The van der Waals surface area contributed by atoms with Crippen LogP contribution in [0, 0.1) is 11.3 Å². The van der Waals surface area contributed by atoms with Crippen LogP contribution < -0.4 is 0 Å². The van der Waals surface area contributed by atoms with Gasteiger partial charge in [0, 0.05) is 43.6 Å². The van der Waals surface area contributed by atoms with Crippen LogP contribution in [0.25, 0.3) is 5.82 Å². The van der Waals surface area contributed by atoms with Crippen LogP contribution >= 0.6 is 0 Å². The molecule has 1 atom stereocenters. The van der Waals surface area contributed by atoms with Crippen molar-refractivity contribution in [3.05, 3.63) is 83.8 Å². The number of rotatable bonds is 4. The maximum atomic E-state index is 13.3. The quantitative estimate of drug-likeness (QED) is 0.632. The molecule has 164 valence electrons. The number of carbonyl (C=O) groups excluding carboxylic acids is 1. The number of aromatic nitrogens is 2. The first-order valence-corrected chi connectivity index (χ1v) is 11.9. The van der Waals surface area contributed by atoms with E-state index >= 15 is 0 Å². The molecule has 1 saturated carbocycles.